The molecule has 92 valence electrons. The first-order valence-electron chi connectivity index (χ1n) is 7.35. The summed E-state index contributed by atoms with van der Waals surface area (Å²) in [6, 6.07) is 0. The van der Waals surface area contributed by atoms with Gasteiger partial charge in [0.2, 0.25) is 0 Å². The fraction of sp³-hybridized carbons (Fsp3) is 1.00. The smallest absolute Gasteiger partial charge is 0.00129 e. The average Bonchev–Trinajstić information content (AvgIpc) is 2.88. The lowest BCUT2D eigenvalue weighted by atomic mass is 9.94. The quantitative estimate of drug-likeness (QED) is 0.787. The van der Waals surface area contributed by atoms with Crippen molar-refractivity contribution in [2.24, 2.45) is 17.8 Å². The van der Waals surface area contributed by atoms with Crippen LogP contribution in [0.25, 0.3) is 0 Å². The Hall–Kier alpha value is -0.0800. The van der Waals surface area contributed by atoms with E-state index < -0.39 is 0 Å². The van der Waals surface area contributed by atoms with Gasteiger partial charge in [0.1, 0.15) is 0 Å². The molecule has 2 heterocycles. The maximum absolute atomic E-state index is 3.46. The zero-order valence-corrected chi connectivity index (χ0v) is 10.5. The van der Waals surface area contributed by atoms with E-state index in [9.17, 15) is 0 Å². The van der Waals surface area contributed by atoms with Crippen molar-refractivity contribution in [3.8, 4) is 0 Å². The van der Waals surface area contributed by atoms with E-state index in [0.29, 0.717) is 0 Å². The molecule has 2 atom stereocenters. The van der Waals surface area contributed by atoms with Gasteiger partial charge < -0.3 is 10.2 Å². The molecule has 0 aromatic heterocycles. The highest BCUT2D eigenvalue weighted by atomic mass is 15.2. The van der Waals surface area contributed by atoms with Gasteiger partial charge in [-0.3, -0.25) is 0 Å². The van der Waals surface area contributed by atoms with Gasteiger partial charge in [-0.25, -0.2) is 0 Å². The van der Waals surface area contributed by atoms with Gasteiger partial charge in [-0.1, -0.05) is 6.42 Å². The van der Waals surface area contributed by atoms with Gasteiger partial charge in [-0.15, -0.1) is 0 Å². The molecule has 2 saturated heterocycles. The third-order valence-corrected chi connectivity index (χ3v) is 5.11. The minimum atomic E-state index is 1.02. The fourth-order valence-corrected chi connectivity index (χ4v) is 4.05. The van der Waals surface area contributed by atoms with Crippen LogP contribution in [-0.2, 0) is 0 Å². The van der Waals surface area contributed by atoms with Crippen molar-refractivity contribution in [2.45, 2.75) is 38.5 Å². The first kappa shape index (κ1) is 11.0. The molecule has 3 aliphatic rings. The van der Waals surface area contributed by atoms with Gasteiger partial charge in [-0.05, 0) is 69.5 Å². The van der Waals surface area contributed by atoms with Gasteiger partial charge >= 0.3 is 0 Å². The molecule has 0 bridgehead atoms. The molecule has 0 aromatic carbocycles. The summed E-state index contributed by atoms with van der Waals surface area (Å²) in [5, 5.41) is 3.46. The van der Waals surface area contributed by atoms with E-state index in [1.165, 1.54) is 71.2 Å². The fourth-order valence-electron chi connectivity index (χ4n) is 4.05. The van der Waals surface area contributed by atoms with Crippen molar-refractivity contribution in [2.75, 3.05) is 32.7 Å². The molecule has 1 saturated carbocycles. The number of piperidine rings is 1. The van der Waals surface area contributed by atoms with Crippen LogP contribution in [0.4, 0.5) is 0 Å². The molecule has 2 unspecified atom stereocenters. The number of fused-ring (bicyclic) bond motifs is 1. The summed E-state index contributed by atoms with van der Waals surface area (Å²) in [6.45, 7) is 6.76. The molecule has 2 aliphatic heterocycles. The summed E-state index contributed by atoms with van der Waals surface area (Å²) < 4.78 is 0. The van der Waals surface area contributed by atoms with E-state index in [1.54, 1.807) is 0 Å². The van der Waals surface area contributed by atoms with E-state index in [4.69, 9.17) is 0 Å². The van der Waals surface area contributed by atoms with Crippen LogP contribution in [0, 0.1) is 17.8 Å². The van der Waals surface area contributed by atoms with Crippen molar-refractivity contribution in [1.82, 2.24) is 10.2 Å². The average molecular weight is 222 g/mol. The maximum atomic E-state index is 3.46. The normalized spacial score (nSPS) is 36.8. The lowest BCUT2D eigenvalue weighted by molar-refractivity contribution is 0.258. The van der Waals surface area contributed by atoms with Crippen LogP contribution in [0.15, 0.2) is 0 Å². The Morgan fingerprint density at radius 3 is 2.31 bits per heavy atom. The largest absolute Gasteiger partial charge is 0.317 e. The molecule has 16 heavy (non-hydrogen) atoms. The van der Waals surface area contributed by atoms with Crippen molar-refractivity contribution in [3.05, 3.63) is 0 Å². The highest BCUT2D eigenvalue weighted by Gasteiger charge is 2.35. The second kappa shape index (κ2) is 5.05. The number of nitrogens with zero attached hydrogens (tertiary/aromatic N) is 1. The Morgan fingerprint density at radius 2 is 1.62 bits per heavy atom. The Labute approximate surface area is 99.8 Å². The predicted molar refractivity (Wildman–Crippen MR) is 67.5 cm³/mol. The van der Waals surface area contributed by atoms with Crippen LogP contribution in [-0.4, -0.2) is 37.6 Å². The maximum Gasteiger partial charge on any atom is 0.00129 e. The number of rotatable bonds is 3. The third kappa shape index (κ3) is 2.43. The van der Waals surface area contributed by atoms with Gasteiger partial charge in [0.25, 0.3) is 0 Å². The Bertz CT molecular complexity index is 211. The van der Waals surface area contributed by atoms with Crippen molar-refractivity contribution < 1.29 is 0 Å². The van der Waals surface area contributed by atoms with Crippen LogP contribution >= 0.6 is 0 Å². The summed E-state index contributed by atoms with van der Waals surface area (Å²) >= 11 is 0. The topological polar surface area (TPSA) is 15.3 Å². The summed E-state index contributed by atoms with van der Waals surface area (Å²) in [6.07, 6.45) is 8.85. The second-order valence-corrected chi connectivity index (χ2v) is 6.19. The molecular weight excluding hydrogens is 196 g/mol. The molecule has 0 amide bonds. The van der Waals surface area contributed by atoms with Crippen LogP contribution < -0.4 is 5.32 Å². The lowest BCUT2D eigenvalue weighted by Gasteiger charge is -2.25. The van der Waals surface area contributed by atoms with Crippen molar-refractivity contribution in [3.63, 3.8) is 0 Å². The molecule has 2 nitrogen and oxygen atoms in total. The van der Waals surface area contributed by atoms with Crippen molar-refractivity contribution in [1.29, 1.82) is 0 Å². The summed E-state index contributed by atoms with van der Waals surface area (Å²) in [5.74, 6) is 3.17. The summed E-state index contributed by atoms with van der Waals surface area (Å²) in [7, 11) is 0. The molecule has 3 fully saturated rings. The van der Waals surface area contributed by atoms with Gasteiger partial charge in [-0.2, -0.15) is 0 Å². The Balaban J connectivity index is 1.39. The van der Waals surface area contributed by atoms with Crippen LogP contribution in [0.5, 0.6) is 0 Å². The van der Waals surface area contributed by atoms with Gasteiger partial charge in [0.15, 0.2) is 0 Å². The number of hydrogen-bond acceptors (Lipinski definition) is 2. The van der Waals surface area contributed by atoms with E-state index >= 15 is 0 Å². The highest BCUT2D eigenvalue weighted by molar-refractivity contribution is 4.88. The zero-order chi connectivity index (χ0) is 10.8. The minimum Gasteiger partial charge on any atom is -0.317 e. The predicted octanol–water partition coefficient (Wildman–Crippen LogP) is 2.11. The molecule has 2 heteroatoms. The van der Waals surface area contributed by atoms with Crippen LogP contribution in [0.2, 0.25) is 0 Å². The van der Waals surface area contributed by atoms with E-state index in [1.807, 2.05) is 0 Å². The Morgan fingerprint density at radius 1 is 0.938 bits per heavy atom. The molecule has 3 rings (SSSR count). The second-order valence-electron chi connectivity index (χ2n) is 6.19. The van der Waals surface area contributed by atoms with Gasteiger partial charge in [0.05, 0.1) is 0 Å². The monoisotopic (exact) mass is 222 g/mol. The SMILES string of the molecule is C1CC2CN(CCC3CCNCC3)CC2C1. The lowest BCUT2D eigenvalue weighted by Crippen LogP contribution is -2.31. The summed E-state index contributed by atoms with van der Waals surface area (Å²) in [5.41, 5.74) is 0. The number of likely N-dealkylation sites (tertiary alicyclic amines) is 1. The molecular formula is C14H26N2. The first-order valence-corrected chi connectivity index (χ1v) is 7.35. The molecule has 0 aromatic rings. The van der Waals surface area contributed by atoms with Crippen LogP contribution in [0.1, 0.15) is 38.5 Å². The third-order valence-electron chi connectivity index (χ3n) is 5.11. The number of nitrogens with one attached hydrogen (secondary N) is 1. The van der Waals surface area contributed by atoms with Gasteiger partial charge in [0, 0.05) is 13.1 Å². The van der Waals surface area contributed by atoms with E-state index in [0.717, 1.165) is 17.8 Å². The minimum absolute atomic E-state index is 1.02. The summed E-state index contributed by atoms with van der Waals surface area (Å²) in [4.78, 5) is 2.76. The number of hydrogen-bond donors (Lipinski definition) is 1. The first-order chi connectivity index (χ1) is 7.92. The molecule has 0 radical (unpaired) electrons. The Kier molecular flexibility index (Phi) is 3.49. The van der Waals surface area contributed by atoms with E-state index in [2.05, 4.69) is 10.2 Å². The zero-order valence-electron chi connectivity index (χ0n) is 10.5. The molecule has 1 aliphatic carbocycles. The molecule has 0 spiro atoms. The highest BCUT2D eigenvalue weighted by Crippen LogP contribution is 2.37. The van der Waals surface area contributed by atoms with Crippen molar-refractivity contribution >= 4 is 0 Å². The van der Waals surface area contributed by atoms with Crippen LogP contribution in [0.3, 0.4) is 0 Å². The van der Waals surface area contributed by atoms with E-state index in [-0.39, 0.29) is 0 Å². The molecule has 1 N–H and O–H groups in total. The standard InChI is InChI=1S/C14H26N2/c1-2-13-10-16(11-14(13)3-1)9-6-12-4-7-15-8-5-12/h12-15H,1-11H2.